The largest absolute Gasteiger partial charge is 0.507 e. The van der Waals surface area contributed by atoms with Gasteiger partial charge in [-0.3, -0.25) is 10.1 Å². The number of amidine groups is 1. The molecule has 3 rings (SSSR count). The summed E-state index contributed by atoms with van der Waals surface area (Å²) in [5.41, 5.74) is 1.13. The zero-order valence-corrected chi connectivity index (χ0v) is 12.5. The predicted molar refractivity (Wildman–Crippen MR) is 88.4 cm³/mol. The van der Waals surface area contributed by atoms with E-state index < -0.39 is 4.92 Å². The van der Waals surface area contributed by atoms with E-state index in [0.29, 0.717) is 12.3 Å². The molecule has 2 aromatic rings. The number of nitro groups is 1. The molecular weight excluding hydrogens is 310 g/mol. The molecule has 0 saturated heterocycles. The fourth-order valence-electron chi connectivity index (χ4n) is 2.23. The summed E-state index contributed by atoms with van der Waals surface area (Å²) < 4.78 is 0. The molecule has 1 aliphatic rings. The molecule has 1 atom stereocenters. The number of hydrogen-bond acceptors (Lipinski definition) is 6. The summed E-state index contributed by atoms with van der Waals surface area (Å²) in [6.07, 6.45) is 1.78. The van der Waals surface area contributed by atoms with E-state index in [1.165, 1.54) is 24.4 Å². The molecule has 8 nitrogen and oxygen atoms in total. The smallest absolute Gasteiger partial charge is 0.270 e. The Morgan fingerprint density at radius 1 is 1.25 bits per heavy atom. The van der Waals surface area contributed by atoms with Crippen LogP contribution in [0.25, 0.3) is 0 Å². The molecule has 8 heteroatoms. The van der Waals surface area contributed by atoms with Gasteiger partial charge in [-0.05, 0) is 11.6 Å². The highest BCUT2D eigenvalue weighted by Crippen LogP contribution is 2.27. The Morgan fingerprint density at radius 3 is 2.79 bits per heavy atom. The molecule has 120 valence electrons. The molecule has 1 heterocycles. The van der Waals surface area contributed by atoms with Crippen LogP contribution in [0.15, 0.2) is 69.0 Å². The number of phenolic OH excluding ortho intramolecular Hbond substituents is 1. The van der Waals surface area contributed by atoms with Crippen molar-refractivity contribution in [1.29, 1.82) is 0 Å². The van der Waals surface area contributed by atoms with E-state index in [0.717, 1.165) is 5.56 Å². The standard InChI is InChI=1S/C16H13N5O3/c22-15-7-6-13(21(23)24)8-12(15)10-17-19-16-9-14(18-20-16)11-4-2-1-3-5-11/h1-8,10,14,22H,9H2/b17-10+,19-16-. The van der Waals surface area contributed by atoms with Gasteiger partial charge in [0.2, 0.25) is 0 Å². The molecule has 0 aromatic heterocycles. The van der Waals surface area contributed by atoms with Crippen molar-refractivity contribution in [3.8, 4) is 5.75 Å². The average Bonchev–Trinajstić information content (AvgIpc) is 3.06. The fraction of sp³-hybridized carbons (Fsp3) is 0.125. The lowest BCUT2D eigenvalue weighted by molar-refractivity contribution is -0.384. The van der Waals surface area contributed by atoms with E-state index >= 15 is 0 Å². The third-order valence-corrected chi connectivity index (χ3v) is 3.46. The summed E-state index contributed by atoms with van der Waals surface area (Å²) >= 11 is 0. The van der Waals surface area contributed by atoms with Crippen LogP contribution in [0, 0.1) is 10.1 Å². The van der Waals surface area contributed by atoms with Crippen LogP contribution in [-0.2, 0) is 0 Å². The van der Waals surface area contributed by atoms with Gasteiger partial charge in [0.1, 0.15) is 11.8 Å². The molecule has 1 unspecified atom stereocenters. The third-order valence-electron chi connectivity index (χ3n) is 3.46. The Balaban J connectivity index is 1.71. The van der Waals surface area contributed by atoms with Crippen molar-refractivity contribution in [3.05, 3.63) is 69.8 Å². The first-order valence-electron chi connectivity index (χ1n) is 7.16. The minimum atomic E-state index is -0.543. The molecule has 1 N–H and O–H groups in total. The Morgan fingerprint density at radius 2 is 2.04 bits per heavy atom. The van der Waals surface area contributed by atoms with Crippen LogP contribution in [0.4, 0.5) is 5.69 Å². The van der Waals surface area contributed by atoms with Gasteiger partial charge in [-0.25, -0.2) is 0 Å². The first kappa shape index (κ1) is 15.5. The quantitative estimate of drug-likeness (QED) is 0.526. The van der Waals surface area contributed by atoms with Gasteiger partial charge in [0.25, 0.3) is 5.69 Å². The van der Waals surface area contributed by atoms with E-state index in [2.05, 4.69) is 20.4 Å². The van der Waals surface area contributed by atoms with Gasteiger partial charge < -0.3 is 5.11 Å². The Bertz CT molecular complexity index is 846. The van der Waals surface area contributed by atoms with Crippen LogP contribution < -0.4 is 0 Å². The highest BCUT2D eigenvalue weighted by Gasteiger charge is 2.19. The molecule has 0 bridgehead atoms. The predicted octanol–water partition coefficient (Wildman–Crippen LogP) is 3.63. The first-order chi connectivity index (χ1) is 11.6. The van der Waals surface area contributed by atoms with Crippen molar-refractivity contribution < 1.29 is 10.0 Å². The van der Waals surface area contributed by atoms with Crippen LogP contribution >= 0.6 is 0 Å². The zero-order valence-electron chi connectivity index (χ0n) is 12.5. The van der Waals surface area contributed by atoms with Gasteiger partial charge >= 0.3 is 0 Å². The van der Waals surface area contributed by atoms with E-state index in [1.807, 2.05) is 30.3 Å². The molecule has 0 fully saturated rings. The highest BCUT2D eigenvalue weighted by atomic mass is 16.6. The van der Waals surface area contributed by atoms with Crippen molar-refractivity contribution in [2.75, 3.05) is 0 Å². The Kier molecular flexibility index (Phi) is 4.37. The second-order valence-corrected chi connectivity index (χ2v) is 5.11. The number of phenols is 1. The van der Waals surface area contributed by atoms with Crippen LogP contribution in [-0.4, -0.2) is 22.1 Å². The maximum absolute atomic E-state index is 10.7. The molecule has 0 radical (unpaired) electrons. The monoisotopic (exact) mass is 323 g/mol. The Hall–Kier alpha value is -3.42. The maximum Gasteiger partial charge on any atom is 0.270 e. The number of nitro benzene ring substituents is 1. The number of aromatic hydroxyl groups is 1. The van der Waals surface area contributed by atoms with Gasteiger partial charge in [-0.1, -0.05) is 30.3 Å². The molecule has 1 aliphatic heterocycles. The molecule has 0 spiro atoms. The fourth-order valence-corrected chi connectivity index (χ4v) is 2.23. The number of nitrogens with zero attached hydrogens (tertiary/aromatic N) is 5. The van der Waals surface area contributed by atoms with E-state index in [4.69, 9.17) is 0 Å². The lowest BCUT2D eigenvalue weighted by Crippen LogP contribution is -1.95. The van der Waals surface area contributed by atoms with Gasteiger partial charge in [-0.2, -0.15) is 10.2 Å². The number of non-ortho nitro benzene ring substituents is 1. The van der Waals surface area contributed by atoms with Gasteiger partial charge in [0.15, 0.2) is 5.84 Å². The Labute approximate surface area is 137 Å². The van der Waals surface area contributed by atoms with Crippen molar-refractivity contribution in [2.45, 2.75) is 12.5 Å². The van der Waals surface area contributed by atoms with Crippen molar-refractivity contribution in [3.63, 3.8) is 0 Å². The molecular formula is C16H13N5O3. The average molecular weight is 323 g/mol. The summed E-state index contributed by atoms with van der Waals surface area (Å²) in [5, 5.41) is 36.4. The van der Waals surface area contributed by atoms with Crippen molar-refractivity contribution in [2.24, 2.45) is 20.4 Å². The number of benzene rings is 2. The van der Waals surface area contributed by atoms with Gasteiger partial charge in [-0.15, -0.1) is 10.2 Å². The summed E-state index contributed by atoms with van der Waals surface area (Å²) in [4.78, 5) is 10.2. The molecule has 24 heavy (non-hydrogen) atoms. The highest BCUT2D eigenvalue weighted by molar-refractivity contribution is 5.87. The maximum atomic E-state index is 10.7. The normalized spacial score (nSPS) is 18.5. The van der Waals surface area contributed by atoms with E-state index in [9.17, 15) is 15.2 Å². The second kappa shape index (κ2) is 6.78. The zero-order chi connectivity index (χ0) is 16.9. The van der Waals surface area contributed by atoms with Crippen LogP contribution in [0.5, 0.6) is 5.75 Å². The number of hydrogen-bond donors (Lipinski definition) is 1. The number of rotatable bonds is 4. The minimum Gasteiger partial charge on any atom is -0.507 e. The van der Waals surface area contributed by atoms with Crippen LogP contribution in [0.3, 0.4) is 0 Å². The first-order valence-corrected chi connectivity index (χ1v) is 7.16. The number of azo groups is 1. The molecule has 0 aliphatic carbocycles. The van der Waals surface area contributed by atoms with Crippen molar-refractivity contribution >= 4 is 17.7 Å². The molecule has 0 saturated carbocycles. The van der Waals surface area contributed by atoms with E-state index in [-0.39, 0.29) is 23.0 Å². The molecule has 2 aromatic carbocycles. The van der Waals surface area contributed by atoms with Gasteiger partial charge in [0.05, 0.1) is 11.1 Å². The third kappa shape index (κ3) is 3.49. The van der Waals surface area contributed by atoms with Crippen molar-refractivity contribution in [1.82, 2.24) is 0 Å². The summed E-state index contributed by atoms with van der Waals surface area (Å²) in [5.74, 6) is 0.352. The lowest BCUT2D eigenvalue weighted by Gasteiger charge is -2.02. The van der Waals surface area contributed by atoms with E-state index in [1.54, 1.807) is 0 Å². The summed E-state index contributed by atoms with van der Waals surface area (Å²) in [6, 6.07) is 13.3. The molecule has 0 amide bonds. The van der Waals surface area contributed by atoms with Crippen LogP contribution in [0.1, 0.15) is 23.6 Å². The summed E-state index contributed by atoms with van der Waals surface area (Å²) in [7, 11) is 0. The van der Waals surface area contributed by atoms with Crippen LogP contribution in [0.2, 0.25) is 0 Å². The SMILES string of the molecule is O=[N+]([O-])c1ccc(O)c(/C=N/N=C2/CC(c3ccccc3)N=N2)c1. The minimum absolute atomic E-state index is 0.0774. The van der Waals surface area contributed by atoms with Gasteiger partial charge in [0, 0.05) is 24.1 Å². The topological polar surface area (TPSA) is 113 Å². The lowest BCUT2D eigenvalue weighted by atomic mass is 10.1. The second-order valence-electron chi connectivity index (χ2n) is 5.11. The summed E-state index contributed by atoms with van der Waals surface area (Å²) in [6.45, 7) is 0.